The molecule has 0 saturated heterocycles. The third-order valence-corrected chi connectivity index (χ3v) is 17.3. The Hall–Kier alpha value is -1.72. The van der Waals surface area contributed by atoms with E-state index in [-0.39, 0.29) is 12.0 Å². The molecule has 3 aromatic carbocycles. The van der Waals surface area contributed by atoms with Crippen LogP contribution in [0.2, 0.25) is 0 Å². The number of hydrogen-bond acceptors (Lipinski definition) is 1. The highest BCUT2D eigenvalue weighted by molar-refractivity contribution is 9.11. The first-order valence-corrected chi connectivity index (χ1v) is 19.2. The molecule has 0 aliphatic heterocycles. The van der Waals surface area contributed by atoms with Crippen molar-refractivity contribution in [2.24, 2.45) is 0 Å². The van der Waals surface area contributed by atoms with Crippen molar-refractivity contribution < 1.29 is 4.74 Å². The van der Waals surface area contributed by atoms with E-state index < -0.39 is 7.92 Å². The number of allylic oxidation sites excluding steroid dienone is 4. The Labute approximate surface area is 258 Å². The lowest BCUT2D eigenvalue weighted by atomic mass is 9.95. The van der Waals surface area contributed by atoms with E-state index >= 15 is 0 Å². The monoisotopic (exact) mass is 644 g/mol. The largest absolute Gasteiger partial charge is 0.496 e. The first-order chi connectivity index (χ1) is 20.2. The van der Waals surface area contributed by atoms with Crippen LogP contribution < -0.4 is 15.3 Å². The summed E-state index contributed by atoms with van der Waals surface area (Å²) in [6.07, 6.45) is 20.1. The second kappa shape index (κ2) is 13.7. The van der Waals surface area contributed by atoms with Crippen LogP contribution in [0.15, 0.2) is 102 Å². The number of para-hydroxylation sites is 1. The Kier molecular flexibility index (Phi) is 9.82. The zero-order valence-electron chi connectivity index (χ0n) is 24.4. The van der Waals surface area contributed by atoms with Crippen LogP contribution in [0.5, 0.6) is 5.75 Å². The van der Waals surface area contributed by atoms with Crippen LogP contribution in [0.4, 0.5) is 0 Å². The third-order valence-electron chi connectivity index (χ3n) is 9.28. The number of rotatable bonds is 8. The van der Waals surface area contributed by atoms with Gasteiger partial charge in [0, 0.05) is 5.56 Å². The first kappa shape index (κ1) is 29.4. The number of alkyl halides is 1. The molecule has 214 valence electrons. The molecule has 6 rings (SSSR count). The van der Waals surface area contributed by atoms with Crippen LogP contribution in [-0.4, -0.2) is 22.5 Å². The maximum atomic E-state index is 6.14. The molecule has 0 spiro atoms. The Balaban J connectivity index is 1.62. The van der Waals surface area contributed by atoms with E-state index in [2.05, 4.69) is 113 Å². The molecule has 2 saturated carbocycles. The molecule has 0 radical (unpaired) electrons. The van der Waals surface area contributed by atoms with E-state index in [4.69, 9.17) is 4.74 Å². The smallest absolute Gasteiger partial charge is 0.126 e. The van der Waals surface area contributed by atoms with Gasteiger partial charge in [0.2, 0.25) is 0 Å². The average Bonchev–Trinajstić information content (AvgIpc) is 3.03. The molecule has 0 amide bonds. The third kappa shape index (κ3) is 6.18. The van der Waals surface area contributed by atoms with E-state index in [1.165, 1.54) is 86.0 Å². The fourth-order valence-corrected chi connectivity index (χ4v) is 16.4. The predicted molar refractivity (Wildman–Crippen MR) is 185 cm³/mol. The number of methoxy groups -OCH3 is 1. The van der Waals surface area contributed by atoms with Crippen LogP contribution in [0, 0.1) is 0 Å². The van der Waals surface area contributed by atoms with Crippen molar-refractivity contribution in [3.63, 3.8) is 0 Å². The van der Waals surface area contributed by atoms with Gasteiger partial charge in [-0.1, -0.05) is 153 Å². The van der Waals surface area contributed by atoms with E-state index in [9.17, 15) is 0 Å². The Morgan fingerprint density at radius 3 is 1.73 bits per heavy atom. The molecule has 4 heteroatoms. The zero-order chi connectivity index (χ0) is 28.1. The molecule has 3 aromatic rings. The van der Waals surface area contributed by atoms with E-state index in [1.807, 2.05) is 7.11 Å². The summed E-state index contributed by atoms with van der Waals surface area (Å²) < 4.78 is 5.91. The summed E-state index contributed by atoms with van der Waals surface area (Å²) in [5.41, 5.74) is 4.46. The minimum Gasteiger partial charge on any atom is -0.496 e. The molecule has 1 unspecified atom stereocenters. The van der Waals surface area contributed by atoms with Gasteiger partial charge in [0.15, 0.2) is 0 Å². The SMILES string of the molecule is COc1ccccc1C1=C(P(C2CCCCC2)C2CCCCC2)C=CCC1(Br)P(c1ccccc1)c1ccccc1. The Bertz CT molecular complexity index is 1280. The van der Waals surface area contributed by atoms with Crippen molar-refractivity contribution in [2.45, 2.75) is 86.0 Å². The molecule has 0 aromatic heterocycles. The van der Waals surface area contributed by atoms with Crippen molar-refractivity contribution in [3.8, 4) is 5.75 Å². The highest BCUT2D eigenvalue weighted by atomic mass is 79.9. The lowest BCUT2D eigenvalue weighted by Crippen LogP contribution is -2.33. The molecular weight excluding hydrogens is 602 g/mol. The van der Waals surface area contributed by atoms with E-state index in [0.717, 1.165) is 23.5 Å². The van der Waals surface area contributed by atoms with Gasteiger partial charge in [-0.3, -0.25) is 0 Å². The van der Waals surface area contributed by atoms with Crippen LogP contribution >= 0.6 is 31.8 Å². The van der Waals surface area contributed by atoms with Gasteiger partial charge in [0.25, 0.3) is 0 Å². The molecule has 0 bridgehead atoms. The highest BCUT2D eigenvalue weighted by Crippen LogP contribution is 2.70. The van der Waals surface area contributed by atoms with Gasteiger partial charge in [-0.25, -0.2) is 0 Å². The maximum absolute atomic E-state index is 6.14. The summed E-state index contributed by atoms with van der Waals surface area (Å²) in [5.74, 6) is 0.998. The minimum atomic E-state index is -0.755. The van der Waals surface area contributed by atoms with Gasteiger partial charge in [-0.2, -0.15) is 0 Å². The van der Waals surface area contributed by atoms with Gasteiger partial charge in [0.05, 0.1) is 11.2 Å². The molecule has 3 aliphatic rings. The molecule has 2 fully saturated rings. The summed E-state index contributed by atoms with van der Waals surface area (Å²) >= 11 is 4.63. The standard InChI is InChI=1S/C37H43BrOP2/c1-39-34-26-15-14-25-33(34)36-35(40(29-17-6-2-7-18-29)30-19-8-3-9-20-30)27-16-28-37(36,38)41(31-21-10-4-11-22-31)32-23-12-5-13-24-32/h4-5,10-16,21-27,29-30H,2-3,6-9,17-20,28H2,1H3. The lowest BCUT2D eigenvalue weighted by Gasteiger charge is -2.46. The number of ether oxygens (including phenoxy) is 1. The quantitative estimate of drug-likeness (QED) is 0.175. The number of halogens is 1. The van der Waals surface area contributed by atoms with Crippen molar-refractivity contribution in [1.82, 2.24) is 0 Å². The van der Waals surface area contributed by atoms with Gasteiger partial charge in [0.1, 0.15) is 5.75 Å². The molecule has 1 atom stereocenters. The molecule has 0 N–H and O–H groups in total. The van der Waals surface area contributed by atoms with Crippen molar-refractivity contribution in [2.75, 3.05) is 7.11 Å². The Morgan fingerprint density at radius 1 is 0.683 bits per heavy atom. The maximum Gasteiger partial charge on any atom is 0.126 e. The predicted octanol–water partition coefficient (Wildman–Crippen LogP) is 10.7. The summed E-state index contributed by atoms with van der Waals surface area (Å²) in [5, 5.41) is 4.50. The van der Waals surface area contributed by atoms with Gasteiger partial charge >= 0.3 is 0 Å². The topological polar surface area (TPSA) is 9.23 Å². The van der Waals surface area contributed by atoms with Crippen molar-refractivity contribution >= 4 is 48.0 Å². The molecular formula is C37H43BrOP2. The van der Waals surface area contributed by atoms with Crippen molar-refractivity contribution in [1.29, 1.82) is 0 Å². The normalized spacial score (nSPS) is 22.4. The van der Waals surface area contributed by atoms with Crippen LogP contribution in [0.1, 0.15) is 76.2 Å². The van der Waals surface area contributed by atoms with Crippen LogP contribution in [0.25, 0.3) is 5.57 Å². The molecule has 0 heterocycles. The van der Waals surface area contributed by atoms with Gasteiger partial charge < -0.3 is 4.74 Å². The van der Waals surface area contributed by atoms with E-state index in [0.29, 0.717) is 0 Å². The fraction of sp³-hybridized carbons (Fsp3) is 0.405. The van der Waals surface area contributed by atoms with Gasteiger partial charge in [-0.15, -0.1) is 0 Å². The summed E-state index contributed by atoms with van der Waals surface area (Å²) in [4.78, 5) is 0. The zero-order valence-corrected chi connectivity index (χ0v) is 27.7. The van der Waals surface area contributed by atoms with Crippen molar-refractivity contribution in [3.05, 3.63) is 108 Å². The highest BCUT2D eigenvalue weighted by Gasteiger charge is 2.47. The summed E-state index contributed by atoms with van der Waals surface area (Å²) in [6.45, 7) is 0. The lowest BCUT2D eigenvalue weighted by molar-refractivity contribution is 0.413. The molecule has 3 aliphatic carbocycles. The first-order valence-electron chi connectivity index (χ1n) is 15.6. The fourth-order valence-electron chi connectivity index (χ4n) is 7.44. The van der Waals surface area contributed by atoms with Gasteiger partial charge in [-0.05, 0) is 78.9 Å². The number of benzene rings is 3. The van der Waals surface area contributed by atoms with Crippen LogP contribution in [-0.2, 0) is 0 Å². The number of hydrogen-bond donors (Lipinski definition) is 0. The average molecular weight is 646 g/mol. The summed E-state index contributed by atoms with van der Waals surface area (Å²) in [7, 11) is 0.789. The summed E-state index contributed by atoms with van der Waals surface area (Å²) in [6, 6.07) is 31.4. The second-order valence-electron chi connectivity index (χ2n) is 11.8. The van der Waals surface area contributed by atoms with Crippen LogP contribution in [0.3, 0.4) is 0 Å². The Morgan fingerprint density at radius 2 is 1.20 bits per heavy atom. The molecule has 41 heavy (non-hydrogen) atoms. The van der Waals surface area contributed by atoms with E-state index in [1.54, 1.807) is 5.31 Å². The minimum absolute atomic E-state index is 0.228. The second-order valence-corrected chi connectivity index (χ2v) is 19.0. The molecule has 1 nitrogen and oxygen atoms in total.